The van der Waals surface area contributed by atoms with Gasteiger partial charge < -0.3 is 4.74 Å². The number of carbonyl (C=O) groups excluding carboxylic acids is 2. The Kier molecular flexibility index (Phi) is 5.63. The number of nitrogens with two attached hydrogens (primary N) is 1. The summed E-state index contributed by atoms with van der Waals surface area (Å²) in [6.45, 7) is -0.126. The van der Waals surface area contributed by atoms with Crippen molar-refractivity contribution in [2.45, 2.75) is 6.61 Å². The molecule has 1 rings (SSSR count). The topological polar surface area (TPSA) is 116 Å². The lowest BCUT2D eigenvalue weighted by molar-refractivity contribution is -0.384. The van der Waals surface area contributed by atoms with Crippen LogP contribution >= 0.6 is 22.6 Å². The number of hydrogen-bond acceptors (Lipinski definition) is 6. The fraction of sp³-hybridized carbons (Fsp3) is 0.200. The number of imide groups is 1. The number of nitro groups is 1. The summed E-state index contributed by atoms with van der Waals surface area (Å²) in [5, 5.41) is 10.8. The highest BCUT2D eigenvalue weighted by molar-refractivity contribution is 14.1. The van der Waals surface area contributed by atoms with Crippen LogP contribution in [0.5, 0.6) is 0 Å². The zero-order valence-electron chi connectivity index (χ0n) is 9.61. The zero-order valence-corrected chi connectivity index (χ0v) is 11.8. The van der Waals surface area contributed by atoms with Crippen molar-refractivity contribution >= 4 is 40.3 Å². The molecular weight excluding hydrogens is 369 g/mol. The number of hydrogen-bond donors (Lipinski definition) is 1. The zero-order chi connectivity index (χ0) is 14.4. The normalized spacial score (nSPS) is 9.79. The van der Waals surface area contributed by atoms with Crippen LogP contribution in [0.15, 0.2) is 24.3 Å². The number of rotatable bonds is 4. The van der Waals surface area contributed by atoms with Gasteiger partial charge in [-0.1, -0.05) is 22.6 Å². The van der Waals surface area contributed by atoms with Crippen molar-refractivity contribution in [3.05, 3.63) is 39.9 Å². The maximum atomic E-state index is 11.3. The molecule has 1 aromatic carbocycles. The van der Waals surface area contributed by atoms with Gasteiger partial charge in [-0.05, 0) is 17.7 Å². The Morgan fingerprint density at radius 2 is 1.95 bits per heavy atom. The predicted octanol–water partition coefficient (Wildman–Crippen LogP) is 1.37. The Bertz CT molecular complexity index is 490. The van der Waals surface area contributed by atoms with E-state index in [1.807, 2.05) is 0 Å². The molecule has 2 amide bonds. The van der Waals surface area contributed by atoms with Crippen LogP contribution in [0.25, 0.3) is 0 Å². The number of halogens is 1. The molecule has 2 N–H and O–H groups in total. The van der Waals surface area contributed by atoms with Crippen molar-refractivity contribution < 1.29 is 19.2 Å². The van der Waals surface area contributed by atoms with Gasteiger partial charge in [-0.15, -0.1) is 0 Å². The second-order valence-electron chi connectivity index (χ2n) is 3.38. The summed E-state index contributed by atoms with van der Waals surface area (Å²) in [6, 6.07) is 5.48. The van der Waals surface area contributed by atoms with Crippen molar-refractivity contribution in [1.29, 1.82) is 0 Å². The van der Waals surface area contributed by atoms with Gasteiger partial charge in [0.1, 0.15) is 6.61 Å². The number of nitro benzene ring substituents is 1. The molecule has 0 aliphatic carbocycles. The summed E-state index contributed by atoms with van der Waals surface area (Å²) in [5.74, 6) is 4.64. The first-order valence-corrected chi connectivity index (χ1v) is 6.52. The molecule has 19 heavy (non-hydrogen) atoms. The van der Waals surface area contributed by atoms with Crippen LogP contribution in [0, 0.1) is 10.1 Å². The molecule has 0 saturated carbocycles. The lowest BCUT2D eigenvalue weighted by Crippen LogP contribution is -2.43. The van der Waals surface area contributed by atoms with Gasteiger partial charge >= 0.3 is 6.09 Å². The largest absolute Gasteiger partial charge is 0.443 e. The third-order valence-electron chi connectivity index (χ3n) is 2.09. The number of hydrazine groups is 1. The number of amides is 2. The molecule has 0 atom stereocenters. The smallest absolute Gasteiger partial charge is 0.431 e. The minimum atomic E-state index is -0.972. The van der Waals surface area contributed by atoms with E-state index < -0.39 is 16.9 Å². The molecule has 0 saturated heterocycles. The summed E-state index contributed by atoms with van der Waals surface area (Å²) in [7, 11) is 0. The molecule has 0 bridgehead atoms. The number of nitrogens with zero attached hydrogens (tertiary/aromatic N) is 2. The van der Waals surface area contributed by atoms with Crippen molar-refractivity contribution in [2.24, 2.45) is 5.84 Å². The van der Waals surface area contributed by atoms with E-state index in [0.717, 1.165) is 0 Å². The first kappa shape index (κ1) is 15.3. The quantitative estimate of drug-likeness (QED) is 0.211. The second-order valence-corrected chi connectivity index (χ2v) is 4.14. The van der Waals surface area contributed by atoms with Gasteiger partial charge in [-0.3, -0.25) is 14.9 Å². The van der Waals surface area contributed by atoms with E-state index in [4.69, 9.17) is 10.6 Å². The highest BCUT2D eigenvalue weighted by atomic mass is 127. The lowest BCUT2D eigenvalue weighted by Gasteiger charge is -2.13. The van der Waals surface area contributed by atoms with Crippen LogP contribution < -0.4 is 5.84 Å². The molecule has 1 aromatic rings. The molecule has 8 nitrogen and oxygen atoms in total. The Hall–Kier alpha value is -1.75. The fourth-order valence-corrected chi connectivity index (χ4v) is 1.46. The van der Waals surface area contributed by atoms with Gasteiger partial charge in [-0.2, -0.15) is 5.01 Å². The van der Waals surface area contributed by atoms with Gasteiger partial charge in [0.15, 0.2) is 0 Å². The van der Waals surface area contributed by atoms with Crippen LogP contribution in [0.1, 0.15) is 5.56 Å². The summed E-state index contributed by atoms with van der Waals surface area (Å²) in [6.07, 6.45) is -0.972. The molecule has 0 aliphatic heterocycles. The average Bonchev–Trinajstić information content (AvgIpc) is 2.43. The fourth-order valence-electron chi connectivity index (χ4n) is 1.09. The molecule has 0 aromatic heterocycles. The van der Waals surface area contributed by atoms with Crippen LogP contribution in [0.3, 0.4) is 0 Å². The molecule has 9 heteroatoms. The summed E-state index contributed by atoms with van der Waals surface area (Å²) in [4.78, 5) is 32.3. The van der Waals surface area contributed by atoms with Gasteiger partial charge in [0, 0.05) is 12.1 Å². The number of benzene rings is 1. The third-order valence-corrected chi connectivity index (χ3v) is 2.74. The maximum absolute atomic E-state index is 11.3. The summed E-state index contributed by atoms with van der Waals surface area (Å²) < 4.78 is 4.84. The minimum absolute atomic E-state index is 0.0564. The molecule has 0 radical (unpaired) electrons. The van der Waals surface area contributed by atoms with Crippen LogP contribution in [0.2, 0.25) is 0 Å². The highest BCUT2D eigenvalue weighted by Gasteiger charge is 2.18. The van der Waals surface area contributed by atoms with E-state index in [2.05, 4.69) is 0 Å². The Labute approximate surface area is 121 Å². The molecular formula is C10H10IN3O5. The Morgan fingerprint density at radius 3 is 2.42 bits per heavy atom. The number of ether oxygens (including phenoxy) is 1. The summed E-state index contributed by atoms with van der Waals surface area (Å²) in [5.41, 5.74) is 0.491. The van der Waals surface area contributed by atoms with Crippen molar-refractivity contribution in [3.8, 4) is 0 Å². The first-order valence-electron chi connectivity index (χ1n) is 4.99. The molecule has 0 aliphatic rings. The first-order chi connectivity index (χ1) is 8.95. The standard InChI is InChI=1S/C10H10IN3O5/c11-5-9(15)13(12)10(16)19-6-7-1-3-8(4-2-7)14(17)18/h1-4H,5-6,12H2. The maximum Gasteiger partial charge on any atom is 0.431 e. The van der Waals surface area contributed by atoms with Gasteiger partial charge in [-0.25, -0.2) is 10.6 Å². The summed E-state index contributed by atoms with van der Waals surface area (Å²) >= 11 is 1.77. The molecule has 0 fully saturated rings. The van der Waals surface area contributed by atoms with E-state index >= 15 is 0 Å². The van der Waals surface area contributed by atoms with E-state index in [1.165, 1.54) is 24.3 Å². The Morgan fingerprint density at radius 1 is 1.37 bits per heavy atom. The van der Waals surface area contributed by atoms with Gasteiger partial charge in [0.2, 0.25) is 0 Å². The van der Waals surface area contributed by atoms with Crippen molar-refractivity contribution in [1.82, 2.24) is 5.01 Å². The Balaban J connectivity index is 2.55. The average molecular weight is 379 g/mol. The van der Waals surface area contributed by atoms with Crippen LogP contribution in [-0.4, -0.2) is 26.4 Å². The molecule has 0 unspecified atom stereocenters. The second kappa shape index (κ2) is 6.99. The van der Waals surface area contributed by atoms with Crippen molar-refractivity contribution in [2.75, 3.05) is 4.43 Å². The van der Waals surface area contributed by atoms with Gasteiger partial charge in [0.05, 0.1) is 9.35 Å². The van der Waals surface area contributed by atoms with E-state index in [0.29, 0.717) is 10.6 Å². The van der Waals surface area contributed by atoms with Gasteiger partial charge in [0.25, 0.3) is 11.6 Å². The highest BCUT2D eigenvalue weighted by Crippen LogP contribution is 2.12. The number of non-ortho nitro benzene ring substituents is 1. The SMILES string of the molecule is NN(C(=O)CI)C(=O)OCc1ccc([N+](=O)[O-])cc1. The van der Waals surface area contributed by atoms with E-state index in [1.54, 1.807) is 22.6 Å². The van der Waals surface area contributed by atoms with E-state index in [-0.39, 0.29) is 16.7 Å². The monoisotopic (exact) mass is 379 g/mol. The predicted molar refractivity (Wildman–Crippen MR) is 73.2 cm³/mol. The third kappa shape index (κ3) is 4.44. The molecule has 0 spiro atoms. The van der Waals surface area contributed by atoms with E-state index in [9.17, 15) is 19.7 Å². The molecule has 102 valence electrons. The lowest BCUT2D eigenvalue weighted by atomic mass is 10.2. The number of carbonyl (C=O) groups is 2. The molecule has 0 heterocycles. The minimum Gasteiger partial charge on any atom is -0.443 e. The number of alkyl halides is 1. The van der Waals surface area contributed by atoms with Crippen molar-refractivity contribution in [3.63, 3.8) is 0 Å². The van der Waals surface area contributed by atoms with Crippen LogP contribution in [0.4, 0.5) is 10.5 Å². The van der Waals surface area contributed by atoms with Crippen LogP contribution in [-0.2, 0) is 16.1 Å².